The van der Waals surface area contributed by atoms with Crippen molar-refractivity contribution in [2.75, 3.05) is 25.6 Å². The first-order valence-corrected chi connectivity index (χ1v) is 11.1. The summed E-state index contributed by atoms with van der Waals surface area (Å²) in [7, 11) is 1.55. The van der Waals surface area contributed by atoms with Gasteiger partial charge in [0, 0.05) is 28.8 Å². The molecule has 0 saturated heterocycles. The second-order valence-corrected chi connectivity index (χ2v) is 8.17. The van der Waals surface area contributed by atoms with Crippen LogP contribution in [-0.2, 0) is 11.3 Å². The van der Waals surface area contributed by atoms with Gasteiger partial charge in [0.05, 0.1) is 13.2 Å². The van der Waals surface area contributed by atoms with E-state index in [1.54, 1.807) is 13.2 Å². The number of ether oxygens (including phenoxy) is 2. The number of amides is 1. The van der Waals surface area contributed by atoms with Crippen LogP contribution in [0.2, 0.25) is 0 Å². The lowest BCUT2D eigenvalue weighted by Crippen LogP contribution is -2.23. The number of carbonyl (C=O) groups is 1. The van der Waals surface area contributed by atoms with Crippen LogP contribution < -0.4 is 20.1 Å². The molecule has 0 aliphatic heterocycles. The Hall–Kier alpha value is -2.87. The minimum absolute atomic E-state index is 0.166. The Balaban J connectivity index is 1.64. The molecule has 3 aromatic carbocycles. The average Bonchev–Trinajstić information content (AvgIpc) is 2.81. The van der Waals surface area contributed by atoms with Gasteiger partial charge in [0.2, 0.25) is 0 Å². The molecule has 3 N–H and O–H groups in total. The van der Waals surface area contributed by atoms with Crippen molar-refractivity contribution in [3.63, 3.8) is 0 Å². The zero-order valence-electron chi connectivity index (χ0n) is 18.1. The Labute approximate surface area is 196 Å². The smallest absolute Gasteiger partial charge is 0.262 e. The number of rotatable bonds is 10. The van der Waals surface area contributed by atoms with Gasteiger partial charge in [-0.2, -0.15) is 0 Å². The van der Waals surface area contributed by atoms with E-state index in [0.29, 0.717) is 30.3 Å². The first-order valence-electron chi connectivity index (χ1n) is 10.3. The predicted octanol–water partition coefficient (Wildman–Crippen LogP) is 4.61. The molecule has 0 fully saturated rings. The van der Waals surface area contributed by atoms with Crippen LogP contribution in [0.3, 0.4) is 0 Å². The molecule has 0 aliphatic carbocycles. The lowest BCUT2D eigenvalue weighted by atomic mass is 10.1. The molecule has 1 atom stereocenters. The topological polar surface area (TPSA) is 79.8 Å². The molecule has 0 radical (unpaired) electrons. The summed E-state index contributed by atoms with van der Waals surface area (Å²) in [6.45, 7) is 2.60. The number of methoxy groups -OCH3 is 1. The number of hydrogen-bond donors (Lipinski definition) is 3. The summed E-state index contributed by atoms with van der Waals surface area (Å²) < 4.78 is 12.1. The highest BCUT2D eigenvalue weighted by atomic mass is 79.9. The number of halogens is 1. The number of aryl methyl sites for hydroxylation is 1. The first kappa shape index (κ1) is 23.8. The molecule has 0 spiro atoms. The highest BCUT2D eigenvalue weighted by Crippen LogP contribution is 2.36. The Bertz CT molecular complexity index is 1030. The van der Waals surface area contributed by atoms with Crippen LogP contribution in [0.1, 0.15) is 22.8 Å². The van der Waals surface area contributed by atoms with E-state index in [0.717, 1.165) is 21.2 Å². The molecule has 6 nitrogen and oxygen atoms in total. The minimum Gasteiger partial charge on any atom is -0.493 e. The summed E-state index contributed by atoms with van der Waals surface area (Å²) in [5.74, 6) is 0.730. The Morgan fingerprint density at radius 2 is 1.78 bits per heavy atom. The number of anilines is 1. The first-order chi connectivity index (χ1) is 15.5. The lowest BCUT2D eigenvalue weighted by Gasteiger charge is -2.18. The van der Waals surface area contributed by atoms with E-state index in [2.05, 4.69) is 26.6 Å². The zero-order valence-corrected chi connectivity index (χ0v) is 19.7. The van der Waals surface area contributed by atoms with Crippen molar-refractivity contribution in [2.45, 2.75) is 19.6 Å². The Kier molecular flexibility index (Phi) is 8.67. The van der Waals surface area contributed by atoms with Crippen LogP contribution in [0.25, 0.3) is 0 Å². The van der Waals surface area contributed by atoms with Crippen molar-refractivity contribution in [2.24, 2.45) is 0 Å². The van der Waals surface area contributed by atoms with Crippen molar-refractivity contribution in [3.8, 4) is 11.5 Å². The van der Waals surface area contributed by atoms with Crippen molar-refractivity contribution in [1.29, 1.82) is 0 Å². The molecule has 1 amide bonds. The normalized spacial score (nSPS) is 11.6. The molecule has 3 rings (SSSR count). The van der Waals surface area contributed by atoms with Gasteiger partial charge in [0.25, 0.3) is 5.91 Å². The molecule has 3 aromatic rings. The molecule has 0 heterocycles. The highest BCUT2D eigenvalue weighted by molar-refractivity contribution is 9.10. The molecule has 0 aromatic heterocycles. The second-order valence-electron chi connectivity index (χ2n) is 7.32. The number of nitrogens with one attached hydrogen (secondary N) is 2. The van der Waals surface area contributed by atoms with E-state index in [-0.39, 0.29) is 12.5 Å². The van der Waals surface area contributed by atoms with Crippen LogP contribution in [0, 0.1) is 6.92 Å². The van der Waals surface area contributed by atoms with Gasteiger partial charge < -0.3 is 25.2 Å². The third-order valence-corrected chi connectivity index (χ3v) is 5.64. The molecule has 0 saturated carbocycles. The molecule has 168 valence electrons. The molecular weight excluding hydrogens is 472 g/mol. The second kappa shape index (κ2) is 11.7. The number of hydrogen-bond acceptors (Lipinski definition) is 5. The van der Waals surface area contributed by atoms with Gasteiger partial charge in [0.1, 0.15) is 0 Å². The maximum Gasteiger partial charge on any atom is 0.262 e. The summed E-state index contributed by atoms with van der Waals surface area (Å²) in [5, 5.41) is 16.5. The molecule has 1 unspecified atom stereocenters. The van der Waals surface area contributed by atoms with E-state index in [9.17, 15) is 9.90 Å². The Morgan fingerprint density at radius 3 is 2.47 bits per heavy atom. The fourth-order valence-corrected chi connectivity index (χ4v) is 3.62. The molecule has 7 heteroatoms. The summed E-state index contributed by atoms with van der Waals surface area (Å²) >= 11 is 3.55. The van der Waals surface area contributed by atoms with Crippen LogP contribution in [0.15, 0.2) is 71.2 Å². The number of benzene rings is 3. The van der Waals surface area contributed by atoms with E-state index in [1.165, 1.54) is 0 Å². The largest absolute Gasteiger partial charge is 0.493 e. The maximum atomic E-state index is 12.4. The third-order valence-electron chi connectivity index (χ3n) is 4.89. The van der Waals surface area contributed by atoms with Crippen molar-refractivity contribution < 1.29 is 19.4 Å². The Morgan fingerprint density at radius 1 is 1.06 bits per heavy atom. The van der Waals surface area contributed by atoms with Crippen LogP contribution in [0.4, 0.5) is 5.69 Å². The fourth-order valence-electron chi connectivity index (χ4n) is 3.16. The quantitative estimate of drug-likeness (QED) is 0.380. The van der Waals surface area contributed by atoms with Gasteiger partial charge >= 0.3 is 0 Å². The number of aliphatic hydroxyl groups excluding tert-OH is 1. The molecular formula is C25H27BrN2O4. The predicted molar refractivity (Wildman–Crippen MR) is 129 cm³/mol. The summed E-state index contributed by atoms with van der Waals surface area (Å²) in [6.07, 6.45) is -0.634. The lowest BCUT2D eigenvalue weighted by molar-refractivity contribution is -0.118. The maximum absolute atomic E-state index is 12.4. The van der Waals surface area contributed by atoms with E-state index in [4.69, 9.17) is 9.47 Å². The minimum atomic E-state index is -0.634. The van der Waals surface area contributed by atoms with Gasteiger partial charge in [0.15, 0.2) is 18.1 Å². The van der Waals surface area contributed by atoms with Crippen LogP contribution in [0.5, 0.6) is 11.5 Å². The van der Waals surface area contributed by atoms with Gasteiger partial charge in [-0.1, -0.05) is 64.0 Å². The van der Waals surface area contributed by atoms with Crippen molar-refractivity contribution >= 4 is 27.5 Å². The van der Waals surface area contributed by atoms with E-state index >= 15 is 0 Å². The van der Waals surface area contributed by atoms with Gasteiger partial charge in [-0.25, -0.2) is 0 Å². The molecule has 32 heavy (non-hydrogen) atoms. The standard InChI is InChI=1S/C25H27BrN2O4/c1-17-8-10-19(11-9-17)28-24(30)16-32-25-20(21(26)12-13-23(25)31-2)14-27-15-22(29)18-6-4-3-5-7-18/h3-13,22,27,29H,14-16H2,1-2H3,(H,28,30). The van der Waals surface area contributed by atoms with Gasteiger partial charge in [-0.15, -0.1) is 0 Å². The SMILES string of the molecule is COc1ccc(Br)c(CNCC(O)c2ccccc2)c1OCC(=O)Nc1ccc(C)cc1. The van der Waals surface area contributed by atoms with E-state index < -0.39 is 6.10 Å². The zero-order chi connectivity index (χ0) is 22.9. The van der Waals surface area contributed by atoms with Crippen molar-refractivity contribution in [3.05, 3.63) is 87.9 Å². The van der Waals surface area contributed by atoms with Crippen LogP contribution in [-0.4, -0.2) is 31.3 Å². The number of carbonyl (C=O) groups excluding carboxylic acids is 1. The van der Waals surface area contributed by atoms with Crippen molar-refractivity contribution in [1.82, 2.24) is 5.32 Å². The van der Waals surface area contributed by atoms with Gasteiger partial charge in [-0.3, -0.25) is 4.79 Å². The monoisotopic (exact) mass is 498 g/mol. The van der Waals surface area contributed by atoms with E-state index in [1.807, 2.05) is 67.6 Å². The van der Waals surface area contributed by atoms with Crippen LogP contribution >= 0.6 is 15.9 Å². The summed E-state index contributed by atoms with van der Waals surface area (Å²) in [4.78, 5) is 12.4. The summed E-state index contributed by atoms with van der Waals surface area (Å²) in [6, 6.07) is 20.7. The third kappa shape index (κ3) is 6.56. The summed E-state index contributed by atoms with van der Waals surface area (Å²) in [5.41, 5.74) is 3.47. The van der Waals surface area contributed by atoms with Gasteiger partial charge in [-0.05, 0) is 36.8 Å². The fraction of sp³-hybridized carbons (Fsp3) is 0.240. The average molecular weight is 499 g/mol. The number of aliphatic hydroxyl groups is 1. The highest BCUT2D eigenvalue weighted by Gasteiger charge is 2.17. The molecule has 0 bridgehead atoms. The molecule has 0 aliphatic rings.